The molecule has 1 aliphatic carbocycles. The van der Waals surface area contributed by atoms with Crippen molar-refractivity contribution < 1.29 is 4.79 Å². The van der Waals surface area contributed by atoms with Crippen molar-refractivity contribution in [1.82, 2.24) is 4.90 Å². The van der Waals surface area contributed by atoms with Crippen molar-refractivity contribution in [2.24, 2.45) is 11.7 Å². The lowest BCUT2D eigenvalue weighted by atomic mass is 10.1. The van der Waals surface area contributed by atoms with Crippen LogP contribution in [0.4, 0.5) is 0 Å². The minimum absolute atomic E-state index is 0.00429. The minimum atomic E-state index is 0.00429. The molecule has 2 N–H and O–H groups in total. The number of nitrogens with two attached hydrogens (primary N) is 1. The SMILES string of the molecule is CC(C1CC1)N(C)C(=O)c1ccc(C#CCN)c(Cl)c1. The van der Waals surface area contributed by atoms with Crippen molar-refractivity contribution in [3.05, 3.63) is 34.3 Å². The van der Waals surface area contributed by atoms with Crippen molar-refractivity contribution in [3.8, 4) is 11.8 Å². The molecule has 2 rings (SSSR count). The summed E-state index contributed by atoms with van der Waals surface area (Å²) >= 11 is 6.15. The summed E-state index contributed by atoms with van der Waals surface area (Å²) in [6.07, 6.45) is 2.43. The Hall–Kier alpha value is -1.50. The smallest absolute Gasteiger partial charge is 0.253 e. The fourth-order valence-corrected chi connectivity index (χ4v) is 2.41. The number of benzene rings is 1. The molecule has 0 heterocycles. The van der Waals surface area contributed by atoms with Crippen LogP contribution in [0.3, 0.4) is 0 Å². The second-order valence-electron chi connectivity index (χ2n) is 5.19. The Morgan fingerprint density at radius 3 is 2.80 bits per heavy atom. The molecule has 0 aromatic heterocycles. The molecule has 106 valence electrons. The summed E-state index contributed by atoms with van der Waals surface area (Å²) in [7, 11) is 1.85. The Labute approximate surface area is 125 Å². The second kappa shape index (κ2) is 6.30. The van der Waals surface area contributed by atoms with Gasteiger partial charge in [-0.2, -0.15) is 0 Å². The summed E-state index contributed by atoms with van der Waals surface area (Å²) in [5.74, 6) is 6.29. The van der Waals surface area contributed by atoms with Gasteiger partial charge in [-0.25, -0.2) is 0 Å². The normalized spacial score (nSPS) is 15.2. The molecular weight excluding hydrogens is 272 g/mol. The van der Waals surface area contributed by atoms with E-state index in [4.69, 9.17) is 17.3 Å². The molecule has 1 aromatic carbocycles. The molecule has 0 bridgehead atoms. The molecule has 1 aliphatic rings. The number of hydrogen-bond donors (Lipinski definition) is 1. The molecule has 20 heavy (non-hydrogen) atoms. The minimum Gasteiger partial charge on any atom is -0.339 e. The summed E-state index contributed by atoms with van der Waals surface area (Å²) < 4.78 is 0. The topological polar surface area (TPSA) is 46.3 Å². The van der Waals surface area contributed by atoms with Crippen LogP contribution in [0.15, 0.2) is 18.2 Å². The highest BCUT2D eigenvalue weighted by Gasteiger charge is 2.32. The van der Waals surface area contributed by atoms with Crippen LogP contribution in [0.1, 0.15) is 35.7 Å². The highest BCUT2D eigenvalue weighted by molar-refractivity contribution is 6.32. The Kier molecular flexibility index (Phi) is 4.69. The molecule has 1 unspecified atom stereocenters. The first kappa shape index (κ1) is 14.9. The van der Waals surface area contributed by atoms with E-state index in [1.54, 1.807) is 23.1 Å². The number of halogens is 1. The fraction of sp³-hybridized carbons (Fsp3) is 0.438. The van der Waals surface area contributed by atoms with Gasteiger partial charge in [0, 0.05) is 24.2 Å². The summed E-state index contributed by atoms with van der Waals surface area (Å²) in [5.41, 5.74) is 6.64. The first-order valence-electron chi connectivity index (χ1n) is 6.80. The van der Waals surface area contributed by atoms with Crippen molar-refractivity contribution in [2.45, 2.75) is 25.8 Å². The molecule has 0 spiro atoms. The highest BCUT2D eigenvalue weighted by atomic mass is 35.5. The first-order valence-corrected chi connectivity index (χ1v) is 7.18. The summed E-state index contributed by atoms with van der Waals surface area (Å²) in [6, 6.07) is 5.50. The van der Waals surface area contributed by atoms with Crippen LogP contribution >= 0.6 is 11.6 Å². The zero-order chi connectivity index (χ0) is 14.7. The molecule has 0 radical (unpaired) electrons. The van der Waals surface area contributed by atoms with E-state index in [9.17, 15) is 4.79 Å². The largest absolute Gasteiger partial charge is 0.339 e. The molecule has 1 amide bonds. The van der Waals surface area contributed by atoms with Crippen LogP contribution in [0.5, 0.6) is 0 Å². The summed E-state index contributed by atoms with van der Waals surface area (Å²) in [6.45, 7) is 2.39. The Balaban J connectivity index is 2.16. The lowest BCUT2D eigenvalue weighted by molar-refractivity contribution is 0.0727. The highest BCUT2D eigenvalue weighted by Crippen LogP contribution is 2.35. The maximum atomic E-state index is 12.4. The molecule has 1 saturated carbocycles. The number of rotatable bonds is 3. The number of hydrogen-bond acceptors (Lipinski definition) is 2. The lowest BCUT2D eigenvalue weighted by Crippen LogP contribution is -2.36. The number of amides is 1. The maximum absolute atomic E-state index is 12.4. The van der Waals surface area contributed by atoms with Crippen LogP contribution in [0, 0.1) is 17.8 Å². The van der Waals surface area contributed by atoms with Gasteiger partial charge in [-0.1, -0.05) is 23.4 Å². The summed E-state index contributed by atoms with van der Waals surface area (Å²) in [4.78, 5) is 14.2. The number of nitrogens with zero attached hydrogens (tertiary/aromatic N) is 1. The van der Waals surface area contributed by atoms with Gasteiger partial charge in [0.25, 0.3) is 5.91 Å². The molecule has 1 aromatic rings. The maximum Gasteiger partial charge on any atom is 0.253 e. The zero-order valence-electron chi connectivity index (χ0n) is 11.8. The van der Waals surface area contributed by atoms with Crippen LogP contribution in [0.25, 0.3) is 0 Å². The molecule has 0 saturated heterocycles. The lowest BCUT2D eigenvalue weighted by Gasteiger charge is -2.25. The van der Waals surface area contributed by atoms with Gasteiger partial charge in [-0.3, -0.25) is 4.79 Å². The van der Waals surface area contributed by atoms with Crippen molar-refractivity contribution in [3.63, 3.8) is 0 Å². The van der Waals surface area contributed by atoms with Gasteiger partial charge in [0.1, 0.15) is 0 Å². The monoisotopic (exact) mass is 290 g/mol. The van der Waals surface area contributed by atoms with Crippen molar-refractivity contribution in [2.75, 3.05) is 13.6 Å². The van der Waals surface area contributed by atoms with E-state index in [2.05, 4.69) is 18.8 Å². The van der Waals surface area contributed by atoms with E-state index in [1.807, 2.05) is 7.05 Å². The van der Waals surface area contributed by atoms with E-state index in [-0.39, 0.29) is 11.9 Å². The number of carbonyl (C=O) groups excluding carboxylic acids is 1. The third kappa shape index (κ3) is 3.33. The van der Waals surface area contributed by atoms with Gasteiger partial charge in [-0.15, -0.1) is 0 Å². The predicted molar refractivity (Wildman–Crippen MR) is 81.7 cm³/mol. The first-order chi connectivity index (χ1) is 9.54. The Bertz CT molecular complexity index is 570. The summed E-state index contributed by atoms with van der Waals surface area (Å²) in [5, 5.41) is 0.490. The fourth-order valence-electron chi connectivity index (χ4n) is 2.18. The second-order valence-corrected chi connectivity index (χ2v) is 5.60. The predicted octanol–water partition coefficient (Wildman–Crippen LogP) is 2.52. The van der Waals surface area contributed by atoms with Crippen LogP contribution in [-0.4, -0.2) is 30.4 Å². The van der Waals surface area contributed by atoms with Gasteiger partial charge in [0.05, 0.1) is 11.6 Å². The number of carbonyl (C=O) groups is 1. The molecule has 4 heteroatoms. The van der Waals surface area contributed by atoms with Crippen molar-refractivity contribution >= 4 is 17.5 Å². The van der Waals surface area contributed by atoms with Gasteiger partial charge in [0.2, 0.25) is 0 Å². The third-order valence-corrected chi connectivity index (χ3v) is 4.09. The quantitative estimate of drug-likeness (QED) is 0.870. The van der Waals surface area contributed by atoms with Gasteiger partial charge in [0.15, 0.2) is 0 Å². The molecule has 1 fully saturated rings. The average Bonchev–Trinajstić information content (AvgIpc) is 3.28. The van der Waals surface area contributed by atoms with E-state index in [0.717, 1.165) is 0 Å². The van der Waals surface area contributed by atoms with E-state index in [1.165, 1.54) is 12.8 Å². The Morgan fingerprint density at radius 2 is 2.25 bits per heavy atom. The van der Waals surface area contributed by atoms with Crippen LogP contribution < -0.4 is 5.73 Å². The average molecular weight is 291 g/mol. The third-order valence-electron chi connectivity index (χ3n) is 3.78. The van der Waals surface area contributed by atoms with Crippen LogP contribution in [0.2, 0.25) is 5.02 Å². The standard InChI is InChI=1S/C16H19ClN2O/c1-11(12-5-6-12)19(2)16(20)14-8-7-13(4-3-9-18)15(17)10-14/h7-8,10-12H,5-6,9,18H2,1-2H3. The van der Waals surface area contributed by atoms with Crippen LogP contribution in [-0.2, 0) is 0 Å². The van der Waals surface area contributed by atoms with Gasteiger partial charge >= 0.3 is 0 Å². The molecule has 1 atom stereocenters. The molecular formula is C16H19ClN2O. The van der Waals surface area contributed by atoms with E-state index >= 15 is 0 Å². The zero-order valence-corrected chi connectivity index (χ0v) is 12.6. The van der Waals surface area contributed by atoms with E-state index in [0.29, 0.717) is 28.6 Å². The Morgan fingerprint density at radius 1 is 1.55 bits per heavy atom. The molecule has 3 nitrogen and oxygen atoms in total. The molecule has 0 aliphatic heterocycles. The van der Waals surface area contributed by atoms with Gasteiger partial charge < -0.3 is 10.6 Å². The van der Waals surface area contributed by atoms with E-state index < -0.39 is 0 Å². The van der Waals surface area contributed by atoms with Gasteiger partial charge in [-0.05, 0) is 43.9 Å². The van der Waals surface area contributed by atoms with Crippen molar-refractivity contribution in [1.29, 1.82) is 0 Å².